The molecule has 0 bridgehead atoms. The van der Waals surface area contributed by atoms with E-state index in [1.54, 1.807) is 24.3 Å². The summed E-state index contributed by atoms with van der Waals surface area (Å²) in [6.07, 6.45) is 1.63. The molecule has 3 aromatic rings. The van der Waals surface area contributed by atoms with E-state index in [4.69, 9.17) is 4.74 Å². The monoisotopic (exact) mass is 399 g/mol. The van der Waals surface area contributed by atoms with Crippen LogP contribution >= 0.6 is 0 Å². The number of hydrogen-bond acceptors (Lipinski definition) is 3. The van der Waals surface area contributed by atoms with Crippen molar-refractivity contribution < 1.29 is 9.53 Å². The van der Waals surface area contributed by atoms with E-state index in [0.717, 1.165) is 22.6 Å². The number of nitrogens with one attached hydrogen (secondary N) is 1. The van der Waals surface area contributed by atoms with Crippen molar-refractivity contribution >= 4 is 17.7 Å². The molecule has 30 heavy (non-hydrogen) atoms. The van der Waals surface area contributed by atoms with Crippen molar-refractivity contribution in [2.24, 2.45) is 0 Å². The number of nitriles is 1. The van der Waals surface area contributed by atoms with Crippen LogP contribution < -0.4 is 10.1 Å². The molecule has 3 rings (SSSR count). The molecule has 0 aliphatic heterocycles. The fourth-order valence-corrected chi connectivity index (χ4v) is 3.44. The third kappa shape index (κ3) is 4.13. The predicted molar refractivity (Wildman–Crippen MR) is 120 cm³/mol. The van der Waals surface area contributed by atoms with Gasteiger partial charge in [-0.2, -0.15) is 5.26 Å². The van der Waals surface area contributed by atoms with Gasteiger partial charge in [-0.25, -0.2) is 0 Å². The highest BCUT2D eigenvalue weighted by atomic mass is 16.5. The van der Waals surface area contributed by atoms with Crippen molar-refractivity contribution in [3.63, 3.8) is 0 Å². The minimum absolute atomic E-state index is 0.0289. The first-order valence-corrected chi connectivity index (χ1v) is 9.68. The molecule has 0 aliphatic rings. The molecule has 0 saturated heterocycles. The zero-order chi connectivity index (χ0) is 21.8. The average Bonchev–Trinajstić information content (AvgIpc) is 3.01. The van der Waals surface area contributed by atoms with Crippen LogP contribution in [-0.4, -0.2) is 17.6 Å². The number of benzene rings is 2. The summed E-state index contributed by atoms with van der Waals surface area (Å²) in [5.41, 5.74) is 6.89. The fourth-order valence-electron chi connectivity index (χ4n) is 3.44. The third-order valence-corrected chi connectivity index (χ3v) is 5.24. The SMILES string of the molecule is COc1ccccc1NC(=O)/C(C#N)=C/c1cc(C)n(-c2ccc(C)c(C)c2)c1C. The van der Waals surface area contributed by atoms with Gasteiger partial charge in [-0.1, -0.05) is 18.2 Å². The van der Waals surface area contributed by atoms with Gasteiger partial charge in [-0.05, 0) is 80.8 Å². The maximum absolute atomic E-state index is 12.7. The van der Waals surface area contributed by atoms with E-state index in [9.17, 15) is 10.1 Å². The summed E-state index contributed by atoms with van der Waals surface area (Å²) in [4.78, 5) is 12.7. The van der Waals surface area contributed by atoms with E-state index in [1.165, 1.54) is 18.2 Å². The summed E-state index contributed by atoms with van der Waals surface area (Å²) in [5.74, 6) is 0.0639. The maximum Gasteiger partial charge on any atom is 0.266 e. The Balaban J connectivity index is 1.95. The quantitative estimate of drug-likeness (QED) is 0.470. The molecule has 1 N–H and O–H groups in total. The Morgan fingerprint density at radius 1 is 1.07 bits per heavy atom. The Morgan fingerprint density at radius 3 is 2.47 bits per heavy atom. The van der Waals surface area contributed by atoms with Gasteiger partial charge in [0.25, 0.3) is 5.91 Å². The number of carbonyl (C=O) groups excluding carboxylic acids is 1. The Morgan fingerprint density at radius 2 is 1.80 bits per heavy atom. The van der Waals surface area contributed by atoms with Crippen LogP contribution in [0.5, 0.6) is 5.75 Å². The van der Waals surface area contributed by atoms with Crippen LogP contribution in [0.15, 0.2) is 54.1 Å². The number of aromatic nitrogens is 1. The molecule has 0 radical (unpaired) electrons. The van der Waals surface area contributed by atoms with Gasteiger partial charge in [0.15, 0.2) is 0 Å². The molecule has 2 aromatic carbocycles. The highest BCUT2D eigenvalue weighted by Gasteiger charge is 2.15. The second-order valence-electron chi connectivity index (χ2n) is 7.25. The second kappa shape index (κ2) is 8.71. The third-order valence-electron chi connectivity index (χ3n) is 5.24. The summed E-state index contributed by atoms with van der Waals surface area (Å²) in [6.45, 7) is 8.17. The van der Waals surface area contributed by atoms with E-state index in [-0.39, 0.29) is 5.57 Å². The summed E-state index contributed by atoms with van der Waals surface area (Å²) in [5, 5.41) is 12.4. The number of hydrogen-bond donors (Lipinski definition) is 1. The average molecular weight is 399 g/mol. The molecule has 1 aromatic heterocycles. The zero-order valence-corrected chi connectivity index (χ0v) is 17.9. The summed E-state index contributed by atoms with van der Waals surface area (Å²) < 4.78 is 7.39. The van der Waals surface area contributed by atoms with Crippen molar-refractivity contribution in [1.29, 1.82) is 5.26 Å². The molecule has 0 saturated carbocycles. The van der Waals surface area contributed by atoms with Crippen molar-refractivity contribution in [1.82, 2.24) is 4.57 Å². The number of para-hydroxylation sites is 2. The number of anilines is 1. The van der Waals surface area contributed by atoms with Crippen LogP contribution in [0, 0.1) is 39.0 Å². The number of nitrogens with zero attached hydrogens (tertiary/aromatic N) is 2. The van der Waals surface area contributed by atoms with E-state index < -0.39 is 5.91 Å². The maximum atomic E-state index is 12.7. The smallest absolute Gasteiger partial charge is 0.266 e. The van der Waals surface area contributed by atoms with Gasteiger partial charge in [0.05, 0.1) is 12.8 Å². The fraction of sp³-hybridized carbons (Fsp3) is 0.200. The molecule has 5 nitrogen and oxygen atoms in total. The molecular weight excluding hydrogens is 374 g/mol. The Labute approximate surface area is 177 Å². The van der Waals surface area contributed by atoms with Gasteiger partial charge < -0.3 is 14.6 Å². The number of rotatable bonds is 5. The van der Waals surface area contributed by atoms with Gasteiger partial charge in [0, 0.05) is 17.1 Å². The lowest BCUT2D eigenvalue weighted by Crippen LogP contribution is -2.14. The minimum Gasteiger partial charge on any atom is -0.495 e. The second-order valence-corrected chi connectivity index (χ2v) is 7.25. The summed E-state index contributed by atoms with van der Waals surface area (Å²) in [6, 6.07) is 17.4. The van der Waals surface area contributed by atoms with E-state index in [2.05, 4.69) is 41.9 Å². The molecule has 0 aliphatic carbocycles. The molecule has 1 amide bonds. The lowest BCUT2D eigenvalue weighted by molar-refractivity contribution is -0.112. The number of aryl methyl sites for hydroxylation is 3. The number of amides is 1. The highest BCUT2D eigenvalue weighted by molar-refractivity contribution is 6.10. The molecule has 0 atom stereocenters. The van der Waals surface area contributed by atoms with Gasteiger partial charge >= 0.3 is 0 Å². The number of ether oxygens (including phenoxy) is 1. The summed E-state index contributed by atoms with van der Waals surface area (Å²) in [7, 11) is 1.54. The first-order valence-electron chi connectivity index (χ1n) is 9.68. The highest BCUT2D eigenvalue weighted by Crippen LogP contribution is 2.26. The van der Waals surface area contributed by atoms with Gasteiger partial charge in [-0.15, -0.1) is 0 Å². The van der Waals surface area contributed by atoms with Crippen molar-refractivity contribution in [2.45, 2.75) is 27.7 Å². The van der Waals surface area contributed by atoms with Crippen LogP contribution in [0.4, 0.5) is 5.69 Å². The number of carbonyl (C=O) groups is 1. The molecular formula is C25H25N3O2. The van der Waals surface area contributed by atoms with Crippen LogP contribution in [0.2, 0.25) is 0 Å². The van der Waals surface area contributed by atoms with Crippen LogP contribution in [0.25, 0.3) is 11.8 Å². The lowest BCUT2D eigenvalue weighted by Gasteiger charge is -2.12. The molecule has 5 heteroatoms. The van der Waals surface area contributed by atoms with Gasteiger partial charge in [-0.3, -0.25) is 4.79 Å². The Bertz CT molecular complexity index is 1180. The Hall–Kier alpha value is -3.78. The molecule has 152 valence electrons. The lowest BCUT2D eigenvalue weighted by atomic mass is 10.1. The van der Waals surface area contributed by atoms with Crippen LogP contribution in [0.3, 0.4) is 0 Å². The topological polar surface area (TPSA) is 67.0 Å². The first kappa shape index (κ1) is 20.9. The van der Waals surface area contributed by atoms with Crippen LogP contribution in [-0.2, 0) is 4.79 Å². The van der Waals surface area contributed by atoms with E-state index in [1.807, 2.05) is 32.0 Å². The van der Waals surface area contributed by atoms with Crippen LogP contribution in [0.1, 0.15) is 28.1 Å². The molecule has 0 unspecified atom stereocenters. The molecule has 0 spiro atoms. The first-order chi connectivity index (χ1) is 14.3. The number of methoxy groups -OCH3 is 1. The largest absolute Gasteiger partial charge is 0.495 e. The van der Waals surface area contributed by atoms with Gasteiger partial charge in [0.1, 0.15) is 17.4 Å². The summed E-state index contributed by atoms with van der Waals surface area (Å²) >= 11 is 0. The normalized spacial score (nSPS) is 11.1. The minimum atomic E-state index is -0.474. The van der Waals surface area contributed by atoms with E-state index >= 15 is 0 Å². The zero-order valence-electron chi connectivity index (χ0n) is 17.9. The van der Waals surface area contributed by atoms with Gasteiger partial charge in [0.2, 0.25) is 0 Å². The van der Waals surface area contributed by atoms with E-state index in [0.29, 0.717) is 11.4 Å². The Kier molecular flexibility index (Phi) is 6.08. The standard InChI is InChI=1S/C25H25N3O2/c1-16-10-11-22(12-17(16)2)28-18(3)13-20(19(28)4)14-21(15-26)25(29)27-23-8-6-7-9-24(23)30-5/h6-14H,1-5H3,(H,27,29)/b21-14+. The van der Waals surface area contributed by atoms with Crippen molar-refractivity contribution in [3.8, 4) is 17.5 Å². The molecule has 0 fully saturated rings. The van der Waals surface area contributed by atoms with Crippen molar-refractivity contribution in [2.75, 3.05) is 12.4 Å². The van der Waals surface area contributed by atoms with Crippen molar-refractivity contribution in [3.05, 3.63) is 82.2 Å². The molecule has 1 heterocycles. The predicted octanol–water partition coefficient (Wildman–Crippen LogP) is 5.27.